The number of nitrogens with zero attached hydrogens (tertiary/aromatic N) is 1. The van der Waals surface area contributed by atoms with Crippen LogP contribution < -0.4 is 20.7 Å². The van der Waals surface area contributed by atoms with Crippen LogP contribution in [0.15, 0.2) is 237 Å². The fraction of sp³-hybridized carbons (Fsp3) is 0.0847. The van der Waals surface area contributed by atoms with Crippen LogP contribution in [0.4, 0.5) is 25.8 Å². The van der Waals surface area contributed by atoms with E-state index in [1.807, 2.05) is 145 Å². The molecule has 63 heavy (non-hydrogen) atoms. The van der Waals surface area contributed by atoms with Crippen LogP contribution in [0.3, 0.4) is 0 Å². The molecule has 1 atom stereocenters. The van der Waals surface area contributed by atoms with Gasteiger partial charge in [-0.15, -0.1) is 0 Å². The normalized spacial score (nSPS) is 14.7. The standard InChI is InChI=1S/C59H52F2N2/c1-6-9-14-23-42(4)32-37-53(46-26-17-11-18-27-46)59(43(5)60)63(51-30-21-13-22-31-51)52-36-35-48-33-34-49(57(54(48)40-52)44(7-2)8-3)41-62-58-55(47-28-19-12-20-29-47)38-50(39-56(58)61)45-24-15-10-16-25-45/h6-28,30-31,33-41,47,62H,1-3,29,32H2,4-5H3/b14-9-,42-23+,49-41+,53-37-,59-43-. The van der Waals surface area contributed by atoms with Gasteiger partial charge in [-0.05, 0) is 112 Å². The molecule has 0 radical (unpaired) electrons. The van der Waals surface area contributed by atoms with Crippen LogP contribution in [-0.2, 0) is 0 Å². The molecule has 6 aromatic rings. The van der Waals surface area contributed by atoms with Gasteiger partial charge in [0.05, 0.1) is 11.4 Å². The van der Waals surface area contributed by atoms with Crippen LogP contribution >= 0.6 is 0 Å². The van der Waals surface area contributed by atoms with Crippen molar-refractivity contribution in [2.45, 2.75) is 32.6 Å². The van der Waals surface area contributed by atoms with Crippen molar-refractivity contribution in [3.63, 3.8) is 0 Å². The van der Waals surface area contributed by atoms with Crippen molar-refractivity contribution in [2.24, 2.45) is 0 Å². The third-order valence-electron chi connectivity index (χ3n) is 11.2. The molecular weight excluding hydrogens is 775 g/mol. The minimum atomic E-state index is -0.340. The molecule has 0 aliphatic heterocycles. The van der Waals surface area contributed by atoms with E-state index in [1.165, 1.54) is 6.92 Å². The highest BCUT2D eigenvalue weighted by atomic mass is 19.1. The van der Waals surface area contributed by atoms with E-state index in [-0.39, 0.29) is 17.6 Å². The molecule has 312 valence electrons. The van der Waals surface area contributed by atoms with E-state index in [0.717, 1.165) is 78.0 Å². The topological polar surface area (TPSA) is 15.3 Å². The summed E-state index contributed by atoms with van der Waals surface area (Å²) in [4.78, 5) is 1.99. The minimum absolute atomic E-state index is 0.0137. The number of halogens is 2. The summed E-state index contributed by atoms with van der Waals surface area (Å²) in [5, 5.41) is 6.96. The fourth-order valence-corrected chi connectivity index (χ4v) is 8.07. The maximum absolute atomic E-state index is 16.7. The lowest BCUT2D eigenvalue weighted by atomic mass is 9.88. The first kappa shape index (κ1) is 43.5. The molecule has 0 bridgehead atoms. The summed E-state index contributed by atoms with van der Waals surface area (Å²) in [5.74, 6) is -0.690. The Morgan fingerprint density at radius 3 is 2.13 bits per heavy atom. The van der Waals surface area contributed by atoms with E-state index < -0.39 is 0 Å². The van der Waals surface area contributed by atoms with Crippen molar-refractivity contribution in [3.05, 3.63) is 265 Å². The zero-order chi connectivity index (χ0) is 44.1. The van der Waals surface area contributed by atoms with Gasteiger partial charge in [0.25, 0.3) is 0 Å². The lowest BCUT2D eigenvalue weighted by Crippen LogP contribution is -2.29. The number of hydrogen-bond acceptors (Lipinski definition) is 2. The van der Waals surface area contributed by atoms with Gasteiger partial charge in [0.1, 0.15) is 11.6 Å². The van der Waals surface area contributed by atoms with Gasteiger partial charge >= 0.3 is 0 Å². The smallest absolute Gasteiger partial charge is 0.147 e. The Balaban J connectivity index is 1.43. The van der Waals surface area contributed by atoms with E-state index in [9.17, 15) is 0 Å². The summed E-state index contributed by atoms with van der Waals surface area (Å²) < 4.78 is 33.1. The number of benzene rings is 6. The molecule has 1 N–H and O–H groups in total. The van der Waals surface area contributed by atoms with Crippen LogP contribution in [0.5, 0.6) is 0 Å². The predicted octanol–water partition coefficient (Wildman–Crippen LogP) is 15.1. The molecule has 0 heterocycles. The Hall–Kier alpha value is -7.56. The molecule has 0 aromatic heterocycles. The van der Waals surface area contributed by atoms with Gasteiger partial charge in [-0.1, -0.05) is 189 Å². The van der Waals surface area contributed by atoms with Crippen LogP contribution in [0, 0.1) is 5.82 Å². The summed E-state index contributed by atoms with van der Waals surface area (Å²) in [6.45, 7) is 15.7. The Morgan fingerprint density at radius 1 is 0.762 bits per heavy atom. The van der Waals surface area contributed by atoms with Gasteiger partial charge in [-0.25, -0.2) is 8.78 Å². The lowest BCUT2D eigenvalue weighted by Gasteiger charge is -2.30. The summed E-state index contributed by atoms with van der Waals surface area (Å²) in [6.07, 6.45) is 24.8. The van der Waals surface area contributed by atoms with E-state index in [0.29, 0.717) is 17.8 Å². The molecule has 4 heteroatoms. The average molecular weight is 827 g/mol. The first-order chi connectivity index (χ1) is 30.8. The molecule has 0 saturated carbocycles. The van der Waals surface area contributed by atoms with Crippen LogP contribution in [0.1, 0.15) is 43.7 Å². The second-order valence-electron chi connectivity index (χ2n) is 15.4. The maximum atomic E-state index is 16.7. The highest BCUT2D eigenvalue weighted by Gasteiger charge is 2.24. The second-order valence-corrected chi connectivity index (χ2v) is 15.4. The Bertz CT molecular complexity index is 2930. The van der Waals surface area contributed by atoms with Crippen molar-refractivity contribution >= 4 is 45.2 Å². The van der Waals surface area contributed by atoms with Gasteiger partial charge in [-0.3, -0.25) is 0 Å². The summed E-state index contributed by atoms with van der Waals surface area (Å²) in [7, 11) is 0. The number of fused-ring (bicyclic) bond motifs is 1. The van der Waals surface area contributed by atoms with Gasteiger partial charge in [0.15, 0.2) is 0 Å². The van der Waals surface area contributed by atoms with Gasteiger partial charge in [0.2, 0.25) is 0 Å². The first-order valence-electron chi connectivity index (χ1n) is 21.2. The maximum Gasteiger partial charge on any atom is 0.147 e. The molecule has 0 spiro atoms. The highest BCUT2D eigenvalue weighted by Crippen LogP contribution is 2.40. The number of allylic oxidation sites excluding steroid dienone is 14. The van der Waals surface area contributed by atoms with Crippen molar-refractivity contribution in [3.8, 4) is 11.1 Å². The van der Waals surface area contributed by atoms with Crippen LogP contribution in [-0.4, -0.2) is 0 Å². The number of rotatable bonds is 15. The average Bonchev–Trinajstić information content (AvgIpc) is 3.32. The predicted molar refractivity (Wildman–Crippen MR) is 267 cm³/mol. The molecule has 0 fully saturated rings. The molecular formula is C59H52F2N2. The van der Waals surface area contributed by atoms with Crippen molar-refractivity contribution in [2.75, 3.05) is 10.2 Å². The zero-order valence-electron chi connectivity index (χ0n) is 35.9. The van der Waals surface area contributed by atoms with Gasteiger partial charge in [-0.2, -0.15) is 0 Å². The lowest BCUT2D eigenvalue weighted by molar-refractivity contribution is 0.628. The van der Waals surface area contributed by atoms with Gasteiger partial charge in [0, 0.05) is 29.1 Å². The van der Waals surface area contributed by atoms with Crippen LogP contribution in [0.2, 0.25) is 0 Å². The first-order valence-corrected chi connectivity index (χ1v) is 21.2. The Morgan fingerprint density at radius 2 is 1.46 bits per heavy atom. The second kappa shape index (κ2) is 20.8. The SMILES string of the molecule is C=C/C=C\C=C(/C)C/C=C(\C(=C(/C)F)N(c1ccccc1)c1ccc2cc/c(=C\Nc3c(F)cc(-c4ccccc4)cc3C3C=CC=CC3)c(=C(C=C)C=C)c2c1)c1ccccc1. The Labute approximate surface area is 371 Å². The largest absolute Gasteiger partial charge is 0.358 e. The molecule has 0 amide bonds. The molecule has 1 unspecified atom stereocenters. The fourth-order valence-electron chi connectivity index (χ4n) is 8.07. The van der Waals surface area contributed by atoms with Crippen molar-refractivity contribution in [1.29, 1.82) is 0 Å². The van der Waals surface area contributed by atoms with Crippen molar-refractivity contribution in [1.82, 2.24) is 0 Å². The summed E-state index contributed by atoms with van der Waals surface area (Å²) in [5.41, 5.74) is 8.60. The highest BCUT2D eigenvalue weighted by molar-refractivity contribution is 5.94. The minimum Gasteiger partial charge on any atom is -0.358 e. The monoisotopic (exact) mass is 826 g/mol. The Kier molecular flexibility index (Phi) is 14.4. The van der Waals surface area contributed by atoms with Crippen molar-refractivity contribution < 1.29 is 8.78 Å². The molecule has 1 aliphatic rings. The quantitative estimate of drug-likeness (QED) is 0.104. The molecule has 6 aromatic carbocycles. The summed E-state index contributed by atoms with van der Waals surface area (Å²) >= 11 is 0. The summed E-state index contributed by atoms with van der Waals surface area (Å²) in [6, 6.07) is 43.7. The van der Waals surface area contributed by atoms with Crippen LogP contribution in [0.25, 0.3) is 39.2 Å². The third-order valence-corrected chi connectivity index (χ3v) is 11.2. The number of para-hydroxylation sites is 1. The third kappa shape index (κ3) is 10.2. The zero-order valence-corrected chi connectivity index (χ0v) is 35.9. The van der Waals surface area contributed by atoms with Gasteiger partial charge < -0.3 is 10.2 Å². The van der Waals surface area contributed by atoms with E-state index in [1.54, 1.807) is 24.3 Å². The van der Waals surface area contributed by atoms with E-state index in [4.69, 9.17) is 0 Å². The molecule has 1 aliphatic carbocycles. The number of anilines is 3. The molecule has 0 saturated heterocycles. The number of nitrogens with one attached hydrogen (secondary N) is 1. The van der Waals surface area contributed by atoms with E-state index >= 15 is 8.78 Å². The van der Waals surface area contributed by atoms with E-state index in [2.05, 4.69) is 74.5 Å². The molecule has 7 rings (SSSR count). The molecule has 2 nitrogen and oxygen atoms in total. The number of hydrogen-bond donors (Lipinski definition) is 1.